The van der Waals surface area contributed by atoms with Gasteiger partial charge < -0.3 is 15.3 Å². The molecule has 128 valence electrons. The molecule has 0 radical (unpaired) electrons. The molecular formula is C17H26FN3O2. The summed E-state index contributed by atoms with van der Waals surface area (Å²) >= 11 is 0. The van der Waals surface area contributed by atoms with Gasteiger partial charge in [0.15, 0.2) is 0 Å². The first-order valence-corrected chi connectivity index (χ1v) is 7.96. The SMILES string of the molecule is CN1CCN(C(C)(C)C(=O)NCC(O)c2ccc(F)cc2)CC1. The zero-order valence-corrected chi connectivity index (χ0v) is 14.1. The second-order valence-electron chi connectivity index (χ2n) is 6.63. The highest BCUT2D eigenvalue weighted by Crippen LogP contribution is 2.18. The zero-order valence-electron chi connectivity index (χ0n) is 14.1. The monoisotopic (exact) mass is 323 g/mol. The van der Waals surface area contributed by atoms with E-state index < -0.39 is 11.6 Å². The first-order chi connectivity index (χ1) is 10.8. The van der Waals surface area contributed by atoms with Crippen molar-refractivity contribution < 1.29 is 14.3 Å². The van der Waals surface area contributed by atoms with Crippen LogP contribution in [0.3, 0.4) is 0 Å². The van der Waals surface area contributed by atoms with Crippen LogP contribution in [0.2, 0.25) is 0 Å². The lowest BCUT2D eigenvalue weighted by molar-refractivity contribution is -0.133. The predicted octanol–water partition coefficient (Wildman–Crippen LogP) is 1.00. The van der Waals surface area contributed by atoms with Crippen molar-refractivity contribution in [2.45, 2.75) is 25.5 Å². The number of nitrogens with zero attached hydrogens (tertiary/aromatic N) is 2. The number of aliphatic hydroxyl groups excluding tert-OH is 1. The van der Waals surface area contributed by atoms with E-state index in [0.717, 1.165) is 26.2 Å². The van der Waals surface area contributed by atoms with Gasteiger partial charge in [-0.1, -0.05) is 12.1 Å². The summed E-state index contributed by atoms with van der Waals surface area (Å²) in [6.07, 6.45) is -0.845. The van der Waals surface area contributed by atoms with Gasteiger partial charge in [0.25, 0.3) is 0 Å². The van der Waals surface area contributed by atoms with Gasteiger partial charge in [-0.25, -0.2) is 4.39 Å². The third kappa shape index (κ3) is 4.50. The molecule has 6 heteroatoms. The number of hydrogen-bond donors (Lipinski definition) is 2. The Morgan fingerprint density at radius 2 is 1.83 bits per heavy atom. The molecule has 2 N–H and O–H groups in total. The molecule has 1 aliphatic rings. The van der Waals surface area contributed by atoms with Crippen LogP contribution in [0.25, 0.3) is 0 Å². The number of carbonyl (C=O) groups is 1. The number of benzene rings is 1. The summed E-state index contributed by atoms with van der Waals surface area (Å²) in [6, 6.07) is 5.65. The smallest absolute Gasteiger partial charge is 0.240 e. The second-order valence-corrected chi connectivity index (χ2v) is 6.63. The summed E-state index contributed by atoms with van der Waals surface area (Å²) in [5.74, 6) is -0.454. The van der Waals surface area contributed by atoms with Crippen LogP contribution in [0.4, 0.5) is 4.39 Å². The summed E-state index contributed by atoms with van der Waals surface area (Å²) < 4.78 is 12.9. The maximum absolute atomic E-state index is 12.9. The molecule has 1 unspecified atom stereocenters. The summed E-state index contributed by atoms with van der Waals surface area (Å²) in [5.41, 5.74) is -0.0341. The van der Waals surface area contributed by atoms with Crippen molar-refractivity contribution in [2.75, 3.05) is 39.8 Å². The van der Waals surface area contributed by atoms with E-state index in [0.29, 0.717) is 5.56 Å². The number of likely N-dealkylation sites (N-methyl/N-ethyl adjacent to an activating group) is 1. The van der Waals surface area contributed by atoms with Crippen LogP contribution in [-0.4, -0.2) is 66.1 Å². The first-order valence-electron chi connectivity index (χ1n) is 7.96. The molecule has 0 aromatic heterocycles. The standard InChI is InChI=1S/C17H26FN3O2/c1-17(2,21-10-8-20(3)9-11-21)16(23)19-12-15(22)13-4-6-14(18)7-5-13/h4-7,15,22H,8-12H2,1-3H3,(H,19,23). The highest BCUT2D eigenvalue weighted by molar-refractivity contribution is 5.85. The molecule has 0 saturated carbocycles. The van der Waals surface area contributed by atoms with Gasteiger partial charge in [0.05, 0.1) is 11.6 Å². The molecule has 5 nitrogen and oxygen atoms in total. The van der Waals surface area contributed by atoms with Crippen molar-refractivity contribution in [3.63, 3.8) is 0 Å². The summed E-state index contributed by atoms with van der Waals surface area (Å²) in [4.78, 5) is 16.9. The first kappa shape index (κ1) is 17.8. The molecular weight excluding hydrogens is 297 g/mol. The average Bonchev–Trinajstić information content (AvgIpc) is 2.53. The Morgan fingerprint density at radius 1 is 1.26 bits per heavy atom. The lowest BCUT2D eigenvalue weighted by Gasteiger charge is -2.42. The van der Waals surface area contributed by atoms with Crippen LogP contribution in [0.5, 0.6) is 0 Å². The predicted molar refractivity (Wildman–Crippen MR) is 87.5 cm³/mol. The van der Waals surface area contributed by atoms with Crippen LogP contribution < -0.4 is 5.32 Å². The van der Waals surface area contributed by atoms with E-state index in [1.54, 1.807) is 0 Å². The Kier molecular flexibility index (Phi) is 5.73. The van der Waals surface area contributed by atoms with E-state index in [1.807, 2.05) is 13.8 Å². The Hall–Kier alpha value is -1.50. The average molecular weight is 323 g/mol. The van der Waals surface area contributed by atoms with Gasteiger partial charge >= 0.3 is 0 Å². The minimum absolute atomic E-state index is 0.108. The summed E-state index contributed by atoms with van der Waals surface area (Å²) in [7, 11) is 2.07. The maximum atomic E-state index is 12.9. The van der Waals surface area contributed by atoms with Crippen LogP contribution >= 0.6 is 0 Å². The number of piperazine rings is 1. The minimum atomic E-state index is -0.845. The topological polar surface area (TPSA) is 55.8 Å². The van der Waals surface area contributed by atoms with Gasteiger partial charge in [0.2, 0.25) is 5.91 Å². The van der Waals surface area contributed by atoms with Gasteiger partial charge in [-0.3, -0.25) is 9.69 Å². The van der Waals surface area contributed by atoms with Crippen molar-refractivity contribution in [1.29, 1.82) is 0 Å². The molecule has 23 heavy (non-hydrogen) atoms. The van der Waals surface area contributed by atoms with Gasteiger partial charge in [-0.05, 0) is 38.6 Å². The Labute approximate surface area is 137 Å². The van der Waals surface area contributed by atoms with Crippen molar-refractivity contribution >= 4 is 5.91 Å². The summed E-state index contributed by atoms with van der Waals surface area (Å²) in [5, 5.41) is 12.9. The molecule has 1 saturated heterocycles. The lowest BCUT2D eigenvalue weighted by atomic mass is 10.00. The highest BCUT2D eigenvalue weighted by Gasteiger charge is 2.35. The molecule has 0 aliphatic carbocycles. The number of halogens is 1. The molecule has 2 rings (SSSR count). The van der Waals surface area contributed by atoms with E-state index >= 15 is 0 Å². The van der Waals surface area contributed by atoms with E-state index in [1.165, 1.54) is 24.3 Å². The second kappa shape index (κ2) is 7.38. The number of hydrogen-bond acceptors (Lipinski definition) is 4. The molecule has 1 aromatic carbocycles. The number of nitrogens with one attached hydrogen (secondary N) is 1. The lowest BCUT2D eigenvalue weighted by Crippen LogP contribution is -2.60. The van der Waals surface area contributed by atoms with E-state index in [-0.39, 0.29) is 18.3 Å². The fraction of sp³-hybridized carbons (Fsp3) is 0.588. The van der Waals surface area contributed by atoms with Gasteiger partial charge in [-0.2, -0.15) is 0 Å². The Balaban J connectivity index is 1.89. The minimum Gasteiger partial charge on any atom is -0.387 e. The normalized spacial score (nSPS) is 18.7. The van der Waals surface area contributed by atoms with Gasteiger partial charge in [-0.15, -0.1) is 0 Å². The van der Waals surface area contributed by atoms with E-state index in [4.69, 9.17) is 0 Å². The maximum Gasteiger partial charge on any atom is 0.240 e. The van der Waals surface area contributed by atoms with Crippen molar-refractivity contribution in [3.05, 3.63) is 35.6 Å². The van der Waals surface area contributed by atoms with E-state index in [9.17, 15) is 14.3 Å². The van der Waals surface area contributed by atoms with Crippen LogP contribution in [-0.2, 0) is 4.79 Å². The third-order valence-electron chi connectivity index (χ3n) is 4.56. The van der Waals surface area contributed by atoms with Crippen LogP contribution in [0.1, 0.15) is 25.5 Å². The zero-order chi connectivity index (χ0) is 17.0. The molecule has 1 amide bonds. The number of carbonyl (C=O) groups excluding carboxylic acids is 1. The van der Waals surface area contributed by atoms with Gasteiger partial charge in [0.1, 0.15) is 5.82 Å². The molecule has 1 aromatic rings. The largest absolute Gasteiger partial charge is 0.387 e. The molecule has 1 atom stereocenters. The molecule has 1 aliphatic heterocycles. The van der Waals surface area contributed by atoms with Crippen molar-refractivity contribution in [1.82, 2.24) is 15.1 Å². The Bertz CT molecular complexity index is 525. The third-order valence-corrected chi connectivity index (χ3v) is 4.56. The molecule has 1 heterocycles. The Morgan fingerprint density at radius 3 is 2.39 bits per heavy atom. The van der Waals surface area contributed by atoms with Crippen molar-refractivity contribution in [2.24, 2.45) is 0 Å². The van der Waals surface area contributed by atoms with Crippen molar-refractivity contribution in [3.8, 4) is 0 Å². The molecule has 0 spiro atoms. The highest BCUT2D eigenvalue weighted by atomic mass is 19.1. The fourth-order valence-corrected chi connectivity index (χ4v) is 2.72. The number of amides is 1. The van der Waals surface area contributed by atoms with Gasteiger partial charge in [0, 0.05) is 32.7 Å². The quantitative estimate of drug-likeness (QED) is 0.849. The number of aliphatic hydroxyl groups is 1. The molecule has 1 fully saturated rings. The van der Waals surface area contributed by atoms with Crippen LogP contribution in [0.15, 0.2) is 24.3 Å². The van der Waals surface area contributed by atoms with E-state index in [2.05, 4.69) is 22.2 Å². The molecule has 0 bridgehead atoms. The summed E-state index contributed by atoms with van der Waals surface area (Å²) in [6.45, 7) is 7.48. The number of rotatable bonds is 5. The van der Waals surface area contributed by atoms with Crippen LogP contribution in [0, 0.1) is 5.82 Å². The fourth-order valence-electron chi connectivity index (χ4n) is 2.72.